The summed E-state index contributed by atoms with van der Waals surface area (Å²) in [7, 11) is 0. The highest BCUT2D eigenvalue weighted by Gasteiger charge is 1.53. The fourth-order valence-corrected chi connectivity index (χ4v) is 0. The largest absolute Gasteiger partial charge is 0.388 e. The summed E-state index contributed by atoms with van der Waals surface area (Å²) in [5.41, 5.74) is 4.69. The highest BCUT2D eigenvalue weighted by Crippen LogP contribution is 1.36. The molecule has 5 heavy (non-hydrogen) atoms. The van der Waals surface area contributed by atoms with Crippen LogP contribution >= 0.6 is 12.4 Å². The maximum atomic E-state index is 6.28. The zero-order valence-electron chi connectivity index (χ0n) is 2.99. The summed E-state index contributed by atoms with van der Waals surface area (Å²) >= 11 is 0. The van der Waals surface area contributed by atoms with Gasteiger partial charge in [-0.15, -0.1) is 12.4 Å². The minimum Gasteiger partial charge on any atom is -0.388 e. The van der Waals surface area contributed by atoms with Gasteiger partial charge in [-0.2, -0.15) is 0 Å². The Kier molecular flexibility index (Phi) is 6.64. The summed E-state index contributed by atoms with van der Waals surface area (Å²) in [5, 5.41) is 6.28. The van der Waals surface area contributed by atoms with Gasteiger partial charge in [0.15, 0.2) is 0 Å². The van der Waals surface area contributed by atoms with Crippen LogP contribution in [0, 0.1) is 5.41 Å². The van der Waals surface area contributed by atoms with Crippen LogP contribution in [0.1, 0.15) is 6.92 Å². The monoisotopic (exact) mass is 98.0 g/mol. The molecule has 0 aromatic rings. The van der Waals surface area contributed by atoms with Crippen molar-refractivity contribution in [2.75, 3.05) is 0 Å². The van der Waals surface area contributed by atoms with Gasteiger partial charge in [-0.1, -0.05) is 0 Å². The summed E-state index contributed by atoms with van der Waals surface area (Å²) in [6, 6.07) is 0. The summed E-state index contributed by atoms with van der Waals surface area (Å²) in [6.45, 7) is 1.53. The maximum Gasteiger partial charge on any atom is 0.0873 e. The molecule has 0 aliphatic rings. The number of nitrogens with two attached hydrogens (primary N) is 1. The van der Waals surface area contributed by atoms with Gasteiger partial charge in [0.05, 0.1) is 5.84 Å². The first-order valence-corrected chi connectivity index (χ1v) is 1.04. The fraction of sp³-hybridized carbons (Fsp3) is 0.500. The lowest BCUT2D eigenvalue weighted by molar-refractivity contribution is 1.42. The number of rotatable bonds is 0. The Bertz CT molecular complexity index is 30.6. The molecule has 0 aliphatic heterocycles. The van der Waals surface area contributed by atoms with Crippen molar-refractivity contribution >= 4 is 18.2 Å². The van der Waals surface area contributed by atoms with Crippen LogP contribution in [0.2, 0.25) is 0 Å². The third-order valence-electron chi connectivity index (χ3n) is 0. The molecule has 0 aromatic carbocycles. The van der Waals surface area contributed by atoms with Gasteiger partial charge in [0.1, 0.15) is 0 Å². The highest BCUT2D eigenvalue weighted by molar-refractivity contribution is 5.85. The third-order valence-corrected chi connectivity index (χ3v) is 0. The van der Waals surface area contributed by atoms with Crippen molar-refractivity contribution in [1.29, 1.82) is 5.41 Å². The molecule has 0 unspecified atom stereocenters. The van der Waals surface area contributed by atoms with Crippen LogP contribution in [0.5, 0.6) is 0 Å². The molecule has 2 nitrogen and oxygen atoms in total. The second-order valence-corrected chi connectivity index (χ2v) is 0.683. The van der Waals surface area contributed by atoms with Crippen molar-refractivity contribution in [3.8, 4) is 0 Å². The Labute approximate surface area is 37.3 Å². The van der Waals surface area contributed by atoms with E-state index in [1.807, 2.05) is 0 Å². The van der Waals surface area contributed by atoms with Crippen LogP contribution in [0.15, 0.2) is 0 Å². The number of halogens is 1. The van der Waals surface area contributed by atoms with Gasteiger partial charge in [-0.05, 0) is 6.92 Å². The number of hydrogen-bond acceptors (Lipinski definition) is 1. The Hall–Kier alpha value is -0.240. The summed E-state index contributed by atoms with van der Waals surface area (Å²) in [6.07, 6.45) is 0. The van der Waals surface area contributed by atoms with Crippen LogP contribution in [-0.4, -0.2) is 5.84 Å². The van der Waals surface area contributed by atoms with E-state index in [9.17, 15) is 0 Å². The van der Waals surface area contributed by atoms with E-state index >= 15 is 0 Å². The molecule has 0 aromatic heterocycles. The van der Waals surface area contributed by atoms with Gasteiger partial charge in [-0.3, -0.25) is 5.41 Å². The lowest BCUT2D eigenvalue weighted by atomic mass is 11.7. The predicted octanol–water partition coefficient (Wildman–Crippen LogP) is 0.364. The van der Waals surface area contributed by atoms with E-state index in [4.69, 9.17) is 11.1 Å². The second kappa shape index (κ2) is 3.76. The number of nitrogens with one attached hydrogen (secondary N) is 1. The molecule has 3 heteroatoms. The first kappa shape index (κ1) is 8.83. The fourth-order valence-electron chi connectivity index (χ4n) is 0. The zero-order valence-corrected chi connectivity index (χ0v) is 3.80. The Morgan fingerprint density at radius 3 is 1.80 bits per heavy atom. The van der Waals surface area contributed by atoms with E-state index in [1.54, 1.807) is 0 Å². The van der Waals surface area contributed by atoms with Crippen molar-refractivity contribution in [2.24, 2.45) is 5.73 Å². The normalized spacial score (nSPS) is 5.00. The van der Waals surface area contributed by atoms with Gasteiger partial charge in [0.2, 0.25) is 0 Å². The van der Waals surface area contributed by atoms with Gasteiger partial charge in [0, 0.05) is 0 Å². The van der Waals surface area contributed by atoms with Crippen molar-refractivity contribution < 1.29 is 0 Å². The Balaban J connectivity index is 0. The molecular formula is C2H7ClN2. The molecule has 3 N–H and O–H groups in total. The average Bonchev–Trinajstić information content (AvgIpc) is 0.811. The molecular weight excluding hydrogens is 91.5 g/mol. The maximum absolute atomic E-state index is 6.28. The summed E-state index contributed by atoms with van der Waals surface area (Å²) in [5.74, 6) is 0.167. The Morgan fingerprint density at radius 2 is 1.80 bits per heavy atom. The molecule has 0 amide bonds. The number of amidine groups is 1. The van der Waals surface area contributed by atoms with Gasteiger partial charge < -0.3 is 5.73 Å². The summed E-state index contributed by atoms with van der Waals surface area (Å²) < 4.78 is 0. The molecule has 0 heterocycles. The second-order valence-electron chi connectivity index (χ2n) is 0.683. The van der Waals surface area contributed by atoms with Gasteiger partial charge in [0.25, 0.3) is 0 Å². The summed E-state index contributed by atoms with van der Waals surface area (Å²) in [4.78, 5) is 0. The molecule has 0 aliphatic carbocycles. The zero-order chi connectivity index (χ0) is 3.58. The molecule has 0 bridgehead atoms. The lowest BCUT2D eigenvalue weighted by Crippen LogP contribution is -2.00. The molecule has 0 atom stereocenters. The van der Waals surface area contributed by atoms with E-state index in [0.717, 1.165) is 0 Å². The SMILES string of the molecule is Cl.[13CH3][13C](=[15NH])[15NH2]. The van der Waals surface area contributed by atoms with E-state index in [2.05, 4.69) is 0 Å². The van der Waals surface area contributed by atoms with Crippen LogP contribution in [0.25, 0.3) is 0 Å². The minimum atomic E-state index is 0. The number of hydrogen-bond donors (Lipinski definition) is 2. The molecule has 0 saturated heterocycles. The van der Waals surface area contributed by atoms with Crippen molar-refractivity contribution in [1.82, 2.24) is 0 Å². The highest BCUT2D eigenvalue weighted by atomic mass is 35.5. The molecule has 0 radical (unpaired) electrons. The van der Waals surface area contributed by atoms with Crippen LogP contribution in [-0.2, 0) is 0 Å². The lowest BCUT2D eigenvalue weighted by Gasteiger charge is -1.66. The van der Waals surface area contributed by atoms with E-state index in [0.29, 0.717) is 0 Å². The van der Waals surface area contributed by atoms with E-state index < -0.39 is 0 Å². The van der Waals surface area contributed by atoms with E-state index in [1.165, 1.54) is 6.92 Å². The average molecular weight is 98.5 g/mol. The van der Waals surface area contributed by atoms with E-state index in [-0.39, 0.29) is 18.2 Å². The molecule has 0 rings (SSSR count). The molecule has 0 fully saturated rings. The topological polar surface area (TPSA) is 49.9 Å². The van der Waals surface area contributed by atoms with Crippen molar-refractivity contribution in [3.63, 3.8) is 0 Å². The smallest absolute Gasteiger partial charge is 0.0873 e. The van der Waals surface area contributed by atoms with Crippen LogP contribution < -0.4 is 5.73 Å². The van der Waals surface area contributed by atoms with Crippen molar-refractivity contribution in [2.45, 2.75) is 6.92 Å². The quantitative estimate of drug-likeness (QED) is 0.196. The van der Waals surface area contributed by atoms with Gasteiger partial charge in [-0.25, -0.2) is 0 Å². The first-order valence-electron chi connectivity index (χ1n) is 1.04. The van der Waals surface area contributed by atoms with Crippen LogP contribution in [0.4, 0.5) is 0 Å². The van der Waals surface area contributed by atoms with Crippen LogP contribution in [0.3, 0.4) is 0 Å². The molecule has 0 spiro atoms. The van der Waals surface area contributed by atoms with Gasteiger partial charge >= 0.3 is 0 Å². The van der Waals surface area contributed by atoms with Crippen molar-refractivity contribution in [3.05, 3.63) is 0 Å². The molecule has 0 saturated carbocycles. The minimum absolute atomic E-state index is 0. The first-order chi connectivity index (χ1) is 1.73. The molecule has 32 valence electrons. The predicted molar refractivity (Wildman–Crippen MR) is 24.8 cm³/mol. The standard InChI is InChI=1S/C2H6N2.ClH/c1-2(3)4;/h1H3,(H3,3,4);1H/i1+1,2+1,3+1,4+1;. The third kappa shape index (κ3) is 202. The Morgan fingerprint density at radius 1 is 1.80 bits per heavy atom.